The summed E-state index contributed by atoms with van der Waals surface area (Å²) in [4.78, 5) is 13.8. The van der Waals surface area contributed by atoms with Crippen molar-refractivity contribution in [3.8, 4) is 4.90 Å². The lowest BCUT2D eigenvalue weighted by Crippen LogP contribution is -2.26. The average Bonchev–Trinajstić information content (AvgIpc) is 3.06. The summed E-state index contributed by atoms with van der Waals surface area (Å²) in [5, 5.41) is 3.52. The fourth-order valence-electron chi connectivity index (χ4n) is 3.44. The fourth-order valence-corrected chi connectivity index (χ4v) is 5.56. The largest absolute Gasteiger partial charge is 0.451 e. The number of benzene rings is 3. The Morgan fingerprint density at radius 1 is 0.933 bits per heavy atom. The molecule has 0 spiro atoms. The minimum Gasteiger partial charge on any atom is -0.451 e. The van der Waals surface area contributed by atoms with Gasteiger partial charge in [0.15, 0.2) is 21.2 Å². The van der Waals surface area contributed by atoms with Gasteiger partial charge in [-0.1, -0.05) is 18.2 Å². The number of rotatable bonds is 4. The van der Waals surface area contributed by atoms with Crippen LogP contribution in [0.25, 0.3) is 15.0 Å². The van der Waals surface area contributed by atoms with E-state index in [4.69, 9.17) is 4.74 Å². The Labute approximate surface area is 176 Å². The van der Waals surface area contributed by atoms with Crippen molar-refractivity contribution in [1.29, 1.82) is 0 Å². The van der Waals surface area contributed by atoms with E-state index in [1.165, 1.54) is 21.7 Å². The van der Waals surface area contributed by atoms with Crippen LogP contribution in [0.2, 0.25) is 0 Å². The smallest absolute Gasteiger partial charge is 0.338 e. The molecule has 1 aromatic heterocycles. The molecule has 152 valence electrons. The second-order valence-corrected chi connectivity index (χ2v) is 9.51. The van der Waals surface area contributed by atoms with E-state index < -0.39 is 23.2 Å². The van der Waals surface area contributed by atoms with Gasteiger partial charge < -0.3 is 4.74 Å². The molecule has 0 fully saturated rings. The Balaban J connectivity index is 1.57. The Hall–Kier alpha value is -3.05. The summed E-state index contributed by atoms with van der Waals surface area (Å²) >= 11 is 0. The van der Waals surface area contributed by atoms with E-state index in [9.17, 15) is 13.6 Å². The van der Waals surface area contributed by atoms with E-state index in [1.807, 2.05) is 24.3 Å². The van der Waals surface area contributed by atoms with Gasteiger partial charge in [-0.3, -0.25) is 0 Å². The molecule has 3 aromatic carbocycles. The number of carbonyl (C=O) groups excluding carboxylic acids is 1. The molecule has 30 heavy (non-hydrogen) atoms. The topological polar surface area (TPSA) is 26.3 Å². The molecule has 4 aromatic rings. The Bertz CT molecular complexity index is 1240. The molecule has 0 N–H and O–H groups in total. The molecular weight excluding hydrogens is 402 g/mol. The lowest BCUT2D eigenvalue weighted by molar-refractivity contribution is -0.00328. The van der Waals surface area contributed by atoms with Crippen LogP contribution >= 0.6 is 10.5 Å². The first-order valence-electron chi connectivity index (χ1n) is 9.56. The maximum absolute atomic E-state index is 13.6. The first-order valence-corrected chi connectivity index (χ1v) is 10.8. The molecule has 4 rings (SSSR count). The van der Waals surface area contributed by atoms with Gasteiger partial charge in [-0.15, -0.1) is 0 Å². The SMILES string of the molecule is Cc1c[s+](-c2ccc(C(=O)OC(C)(C)c3ccc(F)c(F)c3)cc2)c2ccccc12. The summed E-state index contributed by atoms with van der Waals surface area (Å²) in [5.74, 6) is -2.42. The number of fused-ring (bicyclic) bond motifs is 1. The van der Waals surface area contributed by atoms with Crippen molar-refractivity contribution in [2.24, 2.45) is 0 Å². The van der Waals surface area contributed by atoms with Crippen molar-refractivity contribution in [1.82, 2.24) is 0 Å². The minimum absolute atomic E-state index is 0.162. The molecule has 0 amide bonds. The standard InChI is InChI=1S/C25H21F2O2S/c1-16-15-30(23-7-5-4-6-20(16)23)19-11-8-17(9-12-19)24(28)29-25(2,3)18-10-13-21(26)22(27)14-18/h4-15H,1-3H3/q+1. The van der Waals surface area contributed by atoms with E-state index in [-0.39, 0.29) is 10.5 Å². The average molecular weight is 424 g/mol. The van der Waals surface area contributed by atoms with E-state index in [1.54, 1.807) is 26.0 Å². The summed E-state index contributed by atoms with van der Waals surface area (Å²) in [6.07, 6.45) is 0. The lowest BCUT2D eigenvalue weighted by Gasteiger charge is -2.25. The molecular formula is C25H21F2O2S+. The molecule has 1 unspecified atom stereocenters. The van der Waals surface area contributed by atoms with Crippen LogP contribution in [0, 0.1) is 18.6 Å². The van der Waals surface area contributed by atoms with Gasteiger partial charge in [0.2, 0.25) is 0 Å². The lowest BCUT2D eigenvalue weighted by atomic mass is 9.97. The van der Waals surface area contributed by atoms with Crippen molar-refractivity contribution in [2.45, 2.75) is 26.4 Å². The fraction of sp³-hybridized carbons (Fsp3) is 0.160. The zero-order valence-corrected chi connectivity index (χ0v) is 17.7. The second-order valence-electron chi connectivity index (χ2n) is 7.69. The number of halogens is 2. The zero-order chi connectivity index (χ0) is 21.5. The highest BCUT2D eigenvalue weighted by Crippen LogP contribution is 2.41. The van der Waals surface area contributed by atoms with Crippen LogP contribution in [-0.4, -0.2) is 5.97 Å². The van der Waals surface area contributed by atoms with Gasteiger partial charge in [-0.25, -0.2) is 13.6 Å². The molecule has 1 atom stereocenters. The quantitative estimate of drug-likeness (QED) is 0.255. The van der Waals surface area contributed by atoms with Gasteiger partial charge >= 0.3 is 5.97 Å². The van der Waals surface area contributed by atoms with Crippen LogP contribution in [0.15, 0.2) is 72.1 Å². The summed E-state index contributed by atoms with van der Waals surface area (Å²) in [7, 11) is -0.162. The highest BCUT2D eigenvalue weighted by atomic mass is 32.2. The maximum atomic E-state index is 13.6. The third-order valence-corrected chi connectivity index (χ3v) is 7.35. The molecule has 0 saturated heterocycles. The minimum atomic E-state index is -1.10. The first-order chi connectivity index (χ1) is 14.3. The van der Waals surface area contributed by atoms with Crippen LogP contribution in [0.1, 0.15) is 35.3 Å². The van der Waals surface area contributed by atoms with E-state index in [2.05, 4.69) is 24.4 Å². The van der Waals surface area contributed by atoms with E-state index in [0.717, 1.165) is 17.0 Å². The molecule has 0 saturated carbocycles. The zero-order valence-electron chi connectivity index (χ0n) is 16.9. The van der Waals surface area contributed by atoms with Crippen LogP contribution < -0.4 is 0 Å². The van der Waals surface area contributed by atoms with Gasteiger partial charge in [0.25, 0.3) is 0 Å². The second kappa shape index (κ2) is 7.65. The Kier molecular flexibility index (Phi) is 5.16. The van der Waals surface area contributed by atoms with Gasteiger partial charge in [-0.2, -0.15) is 0 Å². The number of hydrogen-bond donors (Lipinski definition) is 0. The highest BCUT2D eigenvalue weighted by Gasteiger charge is 2.27. The van der Waals surface area contributed by atoms with Gasteiger partial charge in [-0.05, 0) is 74.9 Å². The van der Waals surface area contributed by atoms with Crippen molar-refractivity contribution in [3.63, 3.8) is 0 Å². The molecule has 5 heteroatoms. The molecule has 0 aliphatic carbocycles. The Morgan fingerprint density at radius 2 is 1.63 bits per heavy atom. The molecule has 1 heterocycles. The predicted molar refractivity (Wildman–Crippen MR) is 117 cm³/mol. The van der Waals surface area contributed by atoms with Crippen molar-refractivity contribution in [2.75, 3.05) is 0 Å². The molecule has 0 bridgehead atoms. The van der Waals surface area contributed by atoms with Crippen molar-refractivity contribution in [3.05, 3.63) is 100 Å². The number of carbonyl (C=O) groups is 1. The predicted octanol–water partition coefficient (Wildman–Crippen LogP) is 7.26. The molecule has 2 nitrogen and oxygen atoms in total. The number of esters is 1. The number of hydrogen-bond acceptors (Lipinski definition) is 2. The van der Waals surface area contributed by atoms with Gasteiger partial charge in [0.1, 0.15) is 11.0 Å². The summed E-state index contributed by atoms with van der Waals surface area (Å²) < 4.78 is 33.7. The monoisotopic (exact) mass is 423 g/mol. The van der Waals surface area contributed by atoms with Gasteiger partial charge in [0.05, 0.1) is 5.56 Å². The number of thiophene rings is 1. The summed E-state index contributed by atoms with van der Waals surface area (Å²) in [5.41, 5.74) is 0.948. The summed E-state index contributed by atoms with van der Waals surface area (Å²) in [6.45, 7) is 5.41. The molecule has 0 aliphatic rings. The van der Waals surface area contributed by atoms with Crippen molar-refractivity contribution >= 4 is 26.5 Å². The van der Waals surface area contributed by atoms with Gasteiger partial charge in [0, 0.05) is 21.4 Å². The normalized spacial score (nSPS) is 12.2. The third-order valence-electron chi connectivity index (χ3n) is 5.15. The number of ether oxygens (including phenoxy) is 1. The highest BCUT2D eigenvalue weighted by molar-refractivity contribution is 7.43. The third kappa shape index (κ3) is 3.73. The van der Waals surface area contributed by atoms with Crippen LogP contribution in [0.3, 0.4) is 0 Å². The molecule has 0 radical (unpaired) electrons. The number of aryl methyl sites for hydroxylation is 1. The summed E-state index contributed by atoms with van der Waals surface area (Å²) in [6, 6.07) is 19.2. The van der Waals surface area contributed by atoms with E-state index in [0.29, 0.717) is 11.1 Å². The molecule has 0 aliphatic heterocycles. The first kappa shape index (κ1) is 20.2. The van der Waals surface area contributed by atoms with E-state index >= 15 is 0 Å². The van der Waals surface area contributed by atoms with Crippen LogP contribution in [0.4, 0.5) is 8.78 Å². The van der Waals surface area contributed by atoms with Crippen LogP contribution in [0.5, 0.6) is 0 Å². The van der Waals surface area contributed by atoms with Crippen molar-refractivity contribution < 1.29 is 18.3 Å². The maximum Gasteiger partial charge on any atom is 0.338 e. The Morgan fingerprint density at radius 3 is 2.33 bits per heavy atom. The van der Waals surface area contributed by atoms with Crippen LogP contribution in [-0.2, 0) is 10.3 Å².